The topological polar surface area (TPSA) is 75.3 Å². The molecule has 0 aliphatic rings. The second kappa shape index (κ2) is 7.49. The first-order valence-electron chi connectivity index (χ1n) is 7.59. The molecule has 0 aliphatic carbocycles. The van der Waals surface area contributed by atoms with E-state index in [0.717, 1.165) is 5.56 Å². The number of rotatable bonds is 5. The Morgan fingerprint density at radius 2 is 1.73 bits per heavy atom. The van der Waals surface area contributed by atoms with E-state index in [-0.39, 0.29) is 10.8 Å². The molecule has 26 heavy (non-hydrogen) atoms. The van der Waals surface area contributed by atoms with E-state index in [9.17, 15) is 13.2 Å². The van der Waals surface area contributed by atoms with E-state index in [0.29, 0.717) is 21.3 Å². The number of sulfonamides is 1. The smallest absolute Gasteiger partial charge is 0.265 e. The maximum Gasteiger partial charge on any atom is 0.265 e. The largest absolute Gasteiger partial charge is 0.321 e. The Balaban J connectivity index is 1.78. The highest BCUT2D eigenvalue weighted by Crippen LogP contribution is 2.22. The van der Waals surface area contributed by atoms with Gasteiger partial charge in [-0.2, -0.15) is 0 Å². The van der Waals surface area contributed by atoms with Gasteiger partial charge in [-0.3, -0.25) is 9.52 Å². The monoisotopic (exact) mass is 406 g/mol. The molecule has 134 valence electrons. The molecular formula is C18H15ClN2O3S2. The van der Waals surface area contributed by atoms with Gasteiger partial charge in [-0.1, -0.05) is 17.7 Å². The number of benzene rings is 2. The van der Waals surface area contributed by atoms with Crippen LogP contribution in [-0.2, 0) is 10.0 Å². The third-order valence-corrected chi connectivity index (χ3v) is 6.23. The lowest BCUT2D eigenvalue weighted by Gasteiger charge is -2.10. The molecule has 2 N–H and O–H groups in total. The third kappa shape index (κ3) is 4.24. The Kier molecular flexibility index (Phi) is 5.31. The molecule has 5 nitrogen and oxygen atoms in total. The molecule has 1 amide bonds. The Hall–Kier alpha value is -2.35. The predicted octanol–water partition coefficient (Wildman–Crippen LogP) is 4.76. The van der Waals surface area contributed by atoms with Crippen molar-refractivity contribution in [2.75, 3.05) is 10.0 Å². The molecule has 0 saturated carbocycles. The zero-order valence-corrected chi connectivity index (χ0v) is 16.1. The first kappa shape index (κ1) is 18.4. The average Bonchev–Trinajstić information content (AvgIpc) is 3.01. The molecule has 0 fully saturated rings. The normalized spacial score (nSPS) is 11.2. The molecule has 3 aromatic rings. The van der Waals surface area contributed by atoms with Gasteiger partial charge in [0.15, 0.2) is 0 Å². The van der Waals surface area contributed by atoms with E-state index in [2.05, 4.69) is 10.0 Å². The van der Waals surface area contributed by atoms with Gasteiger partial charge in [0.05, 0.1) is 15.5 Å². The van der Waals surface area contributed by atoms with Crippen LogP contribution in [0.4, 0.5) is 11.4 Å². The standard InChI is InChI=1S/C18H15ClN2O3S2/c1-12-9-10-25-17(12)18(22)20-14-3-2-4-15(11-14)21-26(23,24)16-7-5-13(19)6-8-16/h2-11,21H,1H3,(H,20,22). The Morgan fingerprint density at radius 1 is 1.04 bits per heavy atom. The summed E-state index contributed by atoms with van der Waals surface area (Å²) in [5.41, 5.74) is 1.74. The van der Waals surface area contributed by atoms with Gasteiger partial charge in [0.1, 0.15) is 0 Å². The van der Waals surface area contributed by atoms with Gasteiger partial charge < -0.3 is 5.32 Å². The van der Waals surface area contributed by atoms with Crippen LogP contribution >= 0.6 is 22.9 Å². The van der Waals surface area contributed by atoms with E-state index in [1.54, 1.807) is 24.3 Å². The molecule has 0 spiro atoms. The van der Waals surface area contributed by atoms with Gasteiger partial charge in [0, 0.05) is 10.7 Å². The van der Waals surface area contributed by atoms with Gasteiger partial charge >= 0.3 is 0 Å². The molecule has 0 radical (unpaired) electrons. The van der Waals surface area contributed by atoms with Gasteiger partial charge in [-0.15, -0.1) is 11.3 Å². The van der Waals surface area contributed by atoms with Crippen molar-refractivity contribution in [1.29, 1.82) is 0 Å². The summed E-state index contributed by atoms with van der Waals surface area (Å²) >= 11 is 7.15. The van der Waals surface area contributed by atoms with E-state index in [1.165, 1.54) is 35.6 Å². The number of halogens is 1. The van der Waals surface area contributed by atoms with Crippen LogP contribution in [-0.4, -0.2) is 14.3 Å². The van der Waals surface area contributed by atoms with Crippen LogP contribution in [0.15, 0.2) is 64.9 Å². The molecule has 1 aromatic heterocycles. The third-order valence-electron chi connectivity index (χ3n) is 3.56. The van der Waals surface area contributed by atoms with Crippen molar-refractivity contribution in [2.24, 2.45) is 0 Å². The van der Waals surface area contributed by atoms with Crippen molar-refractivity contribution in [3.63, 3.8) is 0 Å². The average molecular weight is 407 g/mol. The Morgan fingerprint density at radius 3 is 2.38 bits per heavy atom. The van der Waals surface area contributed by atoms with Gasteiger partial charge in [-0.25, -0.2) is 8.42 Å². The minimum Gasteiger partial charge on any atom is -0.321 e. The van der Waals surface area contributed by atoms with E-state index < -0.39 is 10.0 Å². The number of hydrogen-bond acceptors (Lipinski definition) is 4. The van der Waals surface area contributed by atoms with Crippen LogP contribution < -0.4 is 10.0 Å². The lowest BCUT2D eigenvalue weighted by molar-refractivity contribution is 0.103. The molecule has 0 atom stereocenters. The van der Waals surface area contributed by atoms with Crippen LogP contribution in [0.2, 0.25) is 5.02 Å². The Bertz CT molecular complexity index is 1040. The molecule has 0 bridgehead atoms. The summed E-state index contributed by atoms with van der Waals surface area (Å²) in [6, 6.07) is 14.3. The number of nitrogens with one attached hydrogen (secondary N) is 2. The zero-order valence-electron chi connectivity index (χ0n) is 13.7. The number of anilines is 2. The van der Waals surface area contributed by atoms with Gasteiger partial charge in [0.2, 0.25) is 0 Å². The fourth-order valence-corrected chi connectivity index (χ4v) is 4.28. The Labute approximate surface area is 160 Å². The second-order valence-corrected chi connectivity index (χ2v) is 8.56. The molecule has 1 heterocycles. The number of carbonyl (C=O) groups excluding carboxylic acids is 1. The quantitative estimate of drug-likeness (QED) is 0.641. The lowest BCUT2D eigenvalue weighted by atomic mass is 10.2. The minimum atomic E-state index is -3.74. The van der Waals surface area contributed by atoms with Crippen LogP contribution in [0.5, 0.6) is 0 Å². The minimum absolute atomic E-state index is 0.102. The van der Waals surface area contributed by atoms with E-state index in [1.807, 2.05) is 18.4 Å². The predicted molar refractivity (Wildman–Crippen MR) is 106 cm³/mol. The first-order chi connectivity index (χ1) is 12.3. The fraction of sp³-hybridized carbons (Fsp3) is 0.0556. The summed E-state index contributed by atoms with van der Waals surface area (Å²) in [5.74, 6) is -0.227. The van der Waals surface area contributed by atoms with Crippen LogP contribution in [0.25, 0.3) is 0 Å². The highest BCUT2D eigenvalue weighted by atomic mass is 35.5. The molecular weight excluding hydrogens is 392 g/mol. The van der Waals surface area contributed by atoms with Crippen LogP contribution in [0.3, 0.4) is 0 Å². The summed E-state index contributed by atoms with van der Waals surface area (Å²) in [5, 5.41) is 5.08. The van der Waals surface area contributed by atoms with Crippen molar-refractivity contribution in [1.82, 2.24) is 0 Å². The summed E-state index contributed by atoms with van der Waals surface area (Å²) in [4.78, 5) is 13.0. The maximum atomic E-state index is 12.4. The molecule has 3 rings (SSSR count). The van der Waals surface area contributed by atoms with Crippen LogP contribution in [0, 0.1) is 6.92 Å². The van der Waals surface area contributed by atoms with Crippen molar-refractivity contribution >= 4 is 50.2 Å². The fourth-order valence-electron chi connectivity index (χ4n) is 2.28. The van der Waals surface area contributed by atoms with Crippen molar-refractivity contribution < 1.29 is 13.2 Å². The van der Waals surface area contributed by atoms with Crippen molar-refractivity contribution in [3.8, 4) is 0 Å². The highest BCUT2D eigenvalue weighted by Gasteiger charge is 2.15. The van der Waals surface area contributed by atoms with Crippen LogP contribution in [0.1, 0.15) is 15.2 Å². The molecule has 0 unspecified atom stereocenters. The van der Waals surface area contributed by atoms with Crippen molar-refractivity contribution in [3.05, 3.63) is 75.4 Å². The second-order valence-electron chi connectivity index (χ2n) is 5.53. The summed E-state index contributed by atoms with van der Waals surface area (Å²) < 4.78 is 27.4. The lowest BCUT2D eigenvalue weighted by Crippen LogP contribution is -2.14. The number of amides is 1. The summed E-state index contributed by atoms with van der Waals surface area (Å²) in [6.45, 7) is 1.86. The SMILES string of the molecule is Cc1ccsc1C(=O)Nc1cccc(NS(=O)(=O)c2ccc(Cl)cc2)c1. The molecule has 8 heteroatoms. The number of hydrogen-bond donors (Lipinski definition) is 2. The zero-order chi connectivity index (χ0) is 18.7. The van der Waals surface area contributed by atoms with E-state index >= 15 is 0 Å². The molecule has 0 saturated heterocycles. The summed E-state index contributed by atoms with van der Waals surface area (Å²) in [6.07, 6.45) is 0. The van der Waals surface area contributed by atoms with E-state index in [4.69, 9.17) is 11.6 Å². The molecule has 0 aliphatic heterocycles. The van der Waals surface area contributed by atoms with Crippen molar-refractivity contribution in [2.45, 2.75) is 11.8 Å². The number of aryl methyl sites for hydroxylation is 1. The summed E-state index contributed by atoms with van der Waals surface area (Å²) in [7, 11) is -3.74. The number of thiophene rings is 1. The van der Waals surface area contributed by atoms with Gasteiger partial charge in [-0.05, 0) is 66.4 Å². The van der Waals surface area contributed by atoms with Gasteiger partial charge in [0.25, 0.3) is 15.9 Å². The highest BCUT2D eigenvalue weighted by molar-refractivity contribution is 7.92. The first-order valence-corrected chi connectivity index (χ1v) is 10.3. The maximum absolute atomic E-state index is 12.4. The molecule has 2 aromatic carbocycles. The number of carbonyl (C=O) groups is 1.